The summed E-state index contributed by atoms with van der Waals surface area (Å²) in [6.07, 6.45) is 5.83. The third-order valence-corrected chi connectivity index (χ3v) is 3.38. The van der Waals surface area contributed by atoms with Gasteiger partial charge in [-0.05, 0) is 37.1 Å². The molecule has 0 heterocycles. The van der Waals surface area contributed by atoms with Crippen LogP contribution in [-0.4, -0.2) is 12.6 Å². The van der Waals surface area contributed by atoms with Gasteiger partial charge in [0.2, 0.25) is 0 Å². The van der Waals surface area contributed by atoms with Gasteiger partial charge < -0.3 is 5.32 Å². The summed E-state index contributed by atoms with van der Waals surface area (Å²) in [5, 5.41) is 3.59. The van der Waals surface area contributed by atoms with Crippen molar-refractivity contribution >= 4 is 0 Å². The fourth-order valence-corrected chi connectivity index (χ4v) is 2.69. The van der Waals surface area contributed by atoms with E-state index in [1.54, 1.807) is 0 Å². The molecular weight excluding hydrogens is 170 g/mol. The highest BCUT2D eigenvalue weighted by atomic mass is 14.9. The van der Waals surface area contributed by atoms with Crippen LogP contribution in [0, 0.1) is 17.8 Å². The maximum Gasteiger partial charge on any atom is 0.00104 e. The first-order chi connectivity index (χ1) is 6.59. The lowest BCUT2D eigenvalue weighted by Gasteiger charge is -2.22. The highest BCUT2D eigenvalue weighted by Crippen LogP contribution is 2.35. The number of rotatable bonds is 5. The number of hydrogen-bond donors (Lipinski definition) is 1. The summed E-state index contributed by atoms with van der Waals surface area (Å²) in [6.45, 7) is 10.4. The van der Waals surface area contributed by atoms with E-state index in [9.17, 15) is 0 Å². The normalized spacial score (nSPS) is 27.9. The highest BCUT2D eigenvalue weighted by molar-refractivity contribution is 4.80. The molecule has 1 saturated carbocycles. The molecule has 0 bridgehead atoms. The van der Waals surface area contributed by atoms with Gasteiger partial charge in [-0.15, -0.1) is 0 Å². The van der Waals surface area contributed by atoms with Crippen molar-refractivity contribution in [3.05, 3.63) is 0 Å². The van der Waals surface area contributed by atoms with Crippen LogP contribution >= 0.6 is 0 Å². The van der Waals surface area contributed by atoms with Gasteiger partial charge in [-0.25, -0.2) is 0 Å². The van der Waals surface area contributed by atoms with Gasteiger partial charge in [-0.3, -0.25) is 0 Å². The fourth-order valence-electron chi connectivity index (χ4n) is 2.69. The van der Waals surface area contributed by atoms with Crippen molar-refractivity contribution in [1.82, 2.24) is 5.32 Å². The van der Waals surface area contributed by atoms with E-state index in [1.165, 1.54) is 32.2 Å². The molecule has 0 aromatic rings. The molecule has 0 aromatic carbocycles. The molecule has 0 aromatic heterocycles. The van der Waals surface area contributed by atoms with E-state index in [1.807, 2.05) is 0 Å². The third kappa shape index (κ3) is 4.00. The number of hydrogen-bond acceptors (Lipinski definition) is 1. The Bertz CT molecular complexity index is 151. The molecule has 0 spiro atoms. The van der Waals surface area contributed by atoms with Crippen LogP contribution in [0.3, 0.4) is 0 Å². The summed E-state index contributed by atoms with van der Waals surface area (Å²) < 4.78 is 0. The Morgan fingerprint density at radius 3 is 2.29 bits per heavy atom. The van der Waals surface area contributed by atoms with Gasteiger partial charge in [0.25, 0.3) is 0 Å². The predicted molar refractivity (Wildman–Crippen MR) is 63.4 cm³/mol. The minimum Gasteiger partial charge on any atom is -0.314 e. The molecule has 1 fully saturated rings. The minimum atomic E-state index is 0.648. The van der Waals surface area contributed by atoms with Crippen LogP contribution in [0.1, 0.15) is 53.4 Å². The SMILES string of the molecule is CC(C)CC1CCCC1CNC(C)C. The quantitative estimate of drug-likeness (QED) is 0.712. The fraction of sp³-hybridized carbons (Fsp3) is 1.00. The zero-order valence-corrected chi connectivity index (χ0v) is 10.3. The van der Waals surface area contributed by atoms with Crippen molar-refractivity contribution in [2.45, 2.75) is 59.4 Å². The predicted octanol–water partition coefficient (Wildman–Crippen LogP) is 3.45. The lowest BCUT2D eigenvalue weighted by Crippen LogP contribution is -2.30. The molecule has 14 heavy (non-hydrogen) atoms. The highest BCUT2D eigenvalue weighted by Gasteiger charge is 2.27. The molecule has 0 aliphatic heterocycles. The van der Waals surface area contributed by atoms with E-state index in [-0.39, 0.29) is 0 Å². The maximum absolute atomic E-state index is 3.59. The summed E-state index contributed by atoms with van der Waals surface area (Å²) in [6, 6.07) is 0.648. The molecule has 1 heteroatoms. The van der Waals surface area contributed by atoms with Crippen molar-refractivity contribution < 1.29 is 0 Å². The topological polar surface area (TPSA) is 12.0 Å². The Morgan fingerprint density at radius 1 is 1.07 bits per heavy atom. The summed E-state index contributed by atoms with van der Waals surface area (Å²) >= 11 is 0. The monoisotopic (exact) mass is 197 g/mol. The van der Waals surface area contributed by atoms with Crippen molar-refractivity contribution in [2.24, 2.45) is 17.8 Å². The molecular formula is C13H27N. The van der Waals surface area contributed by atoms with E-state index >= 15 is 0 Å². The molecule has 0 radical (unpaired) electrons. The van der Waals surface area contributed by atoms with Crippen molar-refractivity contribution in [3.8, 4) is 0 Å². The smallest absolute Gasteiger partial charge is 0.00104 e. The maximum atomic E-state index is 3.59. The van der Waals surface area contributed by atoms with Gasteiger partial charge in [-0.1, -0.05) is 40.5 Å². The van der Waals surface area contributed by atoms with Crippen molar-refractivity contribution in [3.63, 3.8) is 0 Å². The Kier molecular flexibility index (Phi) is 4.94. The third-order valence-electron chi connectivity index (χ3n) is 3.38. The Balaban J connectivity index is 2.28. The molecule has 1 nitrogen and oxygen atoms in total. The van der Waals surface area contributed by atoms with Crippen LogP contribution in [0.15, 0.2) is 0 Å². The summed E-state index contributed by atoms with van der Waals surface area (Å²) in [5.74, 6) is 2.83. The summed E-state index contributed by atoms with van der Waals surface area (Å²) in [5.41, 5.74) is 0. The number of nitrogens with one attached hydrogen (secondary N) is 1. The van der Waals surface area contributed by atoms with Crippen LogP contribution in [-0.2, 0) is 0 Å². The second kappa shape index (κ2) is 5.75. The van der Waals surface area contributed by atoms with Gasteiger partial charge in [0, 0.05) is 6.04 Å². The van der Waals surface area contributed by atoms with Gasteiger partial charge in [0.1, 0.15) is 0 Å². The van der Waals surface area contributed by atoms with Gasteiger partial charge in [0.05, 0.1) is 0 Å². The first-order valence-electron chi connectivity index (χ1n) is 6.33. The molecule has 1 aliphatic carbocycles. The van der Waals surface area contributed by atoms with Gasteiger partial charge >= 0.3 is 0 Å². The average Bonchev–Trinajstić information content (AvgIpc) is 2.47. The summed E-state index contributed by atoms with van der Waals surface area (Å²) in [4.78, 5) is 0. The van der Waals surface area contributed by atoms with E-state index in [4.69, 9.17) is 0 Å². The van der Waals surface area contributed by atoms with E-state index in [2.05, 4.69) is 33.0 Å². The first kappa shape index (κ1) is 12.0. The van der Waals surface area contributed by atoms with E-state index in [0.717, 1.165) is 17.8 Å². The molecule has 2 atom stereocenters. The van der Waals surface area contributed by atoms with Crippen molar-refractivity contribution in [1.29, 1.82) is 0 Å². The lowest BCUT2D eigenvalue weighted by molar-refractivity contribution is 0.306. The van der Waals surface area contributed by atoms with Crippen LogP contribution < -0.4 is 5.32 Å². The molecule has 1 rings (SSSR count). The zero-order chi connectivity index (χ0) is 10.6. The second-order valence-corrected chi connectivity index (χ2v) is 5.64. The summed E-state index contributed by atoms with van der Waals surface area (Å²) in [7, 11) is 0. The van der Waals surface area contributed by atoms with Crippen LogP contribution in [0.4, 0.5) is 0 Å². The van der Waals surface area contributed by atoms with Crippen molar-refractivity contribution in [2.75, 3.05) is 6.54 Å². The second-order valence-electron chi connectivity index (χ2n) is 5.64. The lowest BCUT2D eigenvalue weighted by atomic mass is 9.88. The van der Waals surface area contributed by atoms with Crippen LogP contribution in [0.2, 0.25) is 0 Å². The average molecular weight is 197 g/mol. The largest absolute Gasteiger partial charge is 0.314 e. The van der Waals surface area contributed by atoms with Gasteiger partial charge in [-0.2, -0.15) is 0 Å². The molecule has 0 amide bonds. The molecule has 2 unspecified atom stereocenters. The Labute approximate surface area is 89.7 Å². The standard InChI is InChI=1S/C13H27N/c1-10(2)8-12-6-5-7-13(12)9-14-11(3)4/h10-14H,5-9H2,1-4H3. The Morgan fingerprint density at radius 2 is 1.71 bits per heavy atom. The zero-order valence-electron chi connectivity index (χ0n) is 10.3. The molecule has 1 N–H and O–H groups in total. The van der Waals surface area contributed by atoms with Crippen LogP contribution in [0.25, 0.3) is 0 Å². The molecule has 84 valence electrons. The minimum absolute atomic E-state index is 0.648. The Hall–Kier alpha value is -0.0400. The van der Waals surface area contributed by atoms with E-state index in [0.29, 0.717) is 6.04 Å². The van der Waals surface area contributed by atoms with Gasteiger partial charge in [0.15, 0.2) is 0 Å². The van der Waals surface area contributed by atoms with E-state index < -0.39 is 0 Å². The molecule has 1 aliphatic rings. The molecule has 0 saturated heterocycles. The first-order valence-corrected chi connectivity index (χ1v) is 6.33. The van der Waals surface area contributed by atoms with Crippen LogP contribution in [0.5, 0.6) is 0 Å².